The quantitative estimate of drug-likeness (QED) is 0.892. The van der Waals surface area contributed by atoms with Crippen LogP contribution in [0, 0.1) is 5.92 Å². The lowest BCUT2D eigenvalue weighted by molar-refractivity contribution is 0.222. The van der Waals surface area contributed by atoms with Gasteiger partial charge in [0.25, 0.3) is 0 Å². The normalized spacial score (nSPS) is 22.4. The number of hydrogen-bond donors (Lipinski definition) is 1. The average Bonchev–Trinajstić information content (AvgIpc) is 2.67. The highest BCUT2D eigenvalue weighted by atomic mass is 16.5. The van der Waals surface area contributed by atoms with Crippen LogP contribution < -0.4 is 15.0 Å². The molecule has 1 fully saturated rings. The maximum atomic E-state index is 5.63. The first-order valence-corrected chi connectivity index (χ1v) is 7.42. The third-order valence-electron chi connectivity index (χ3n) is 3.32. The summed E-state index contributed by atoms with van der Waals surface area (Å²) in [5, 5.41) is 3.14. The van der Waals surface area contributed by atoms with E-state index in [9.17, 15) is 0 Å². The first-order chi connectivity index (χ1) is 9.49. The van der Waals surface area contributed by atoms with Gasteiger partial charge in [-0.15, -0.1) is 0 Å². The Labute approximate surface area is 121 Å². The van der Waals surface area contributed by atoms with Crippen molar-refractivity contribution in [1.29, 1.82) is 0 Å². The molecule has 0 amide bonds. The third kappa shape index (κ3) is 3.49. The molecule has 20 heavy (non-hydrogen) atoms. The Kier molecular flexibility index (Phi) is 4.62. The zero-order chi connectivity index (χ0) is 14.7. The predicted octanol–water partition coefficient (Wildman–Crippen LogP) is 2.33. The molecule has 0 aliphatic carbocycles. The molecule has 1 aromatic rings. The fraction of sp³-hybridized carbons (Fsp3) is 0.786. The van der Waals surface area contributed by atoms with Crippen LogP contribution in [0.25, 0.3) is 0 Å². The summed E-state index contributed by atoms with van der Waals surface area (Å²) in [6.07, 6.45) is 1.22. The Bertz CT molecular complexity index is 451. The lowest BCUT2D eigenvalue weighted by atomic mass is 10.1. The van der Waals surface area contributed by atoms with Gasteiger partial charge in [-0.25, -0.2) is 0 Å². The number of rotatable bonds is 5. The van der Waals surface area contributed by atoms with Gasteiger partial charge in [0.15, 0.2) is 0 Å². The van der Waals surface area contributed by atoms with Gasteiger partial charge >= 0.3 is 6.01 Å². The standard InChI is InChI=1S/C14H25N5O/c1-6-15-12-16-13(18-14(17-12)20-9(2)3)19-8-10(4)7-11(19)5/h9-11H,6-8H2,1-5H3,(H,15,16,17,18). The number of aromatic nitrogens is 3. The van der Waals surface area contributed by atoms with Crippen LogP contribution in [0.4, 0.5) is 11.9 Å². The van der Waals surface area contributed by atoms with Gasteiger partial charge < -0.3 is 15.0 Å². The Morgan fingerprint density at radius 3 is 2.60 bits per heavy atom. The van der Waals surface area contributed by atoms with Crippen LogP contribution in [-0.4, -0.2) is 40.2 Å². The fourth-order valence-electron chi connectivity index (χ4n) is 2.55. The molecule has 1 saturated heterocycles. The van der Waals surface area contributed by atoms with E-state index in [1.54, 1.807) is 0 Å². The lowest BCUT2D eigenvalue weighted by Crippen LogP contribution is -2.29. The number of hydrogen-bond acceptors (Lipinski definition) is 6. The highest BCUT2D eigenvalue weighted by molar-refractivity contribution is 5.40. The zero-order valence-electron chi connectivity index (χ0n) is 13.1. The highest BCUT2D eigenvalue weighted by Crippen LogP contribution is 2.27. The Balaban J connectivity index is 2.28. The van der Waals surface area contributed by atoms with Gasteiger partial charge in [0, 0.05) is 19.1 Å². The molecular formula is C14H25N5O. The molecule has 0 radical (unpaired) electrons. The van der Waals surface area contributed by atoms with Gasteiger partial charge in [0.05, 0.1) is 6.10 Å². The van der Waals surface area contributed by atoms with Crippen LogP contribution in [0.1, 0.15) is 41.0 Å². The van der Waals surface area contributed by atoms with Crippen molar-refractivity contribution in [1.82, 2.24) is 15.0 Å². The molecule has 1 N–H and O–H groups in total. The third-order valence-corrected chi connectivity index (χ3v) is 3.32. The molecule has 2 rings (SSSR count). The first-order valence-electron chi connectivity index (χ1n) is 7.42. The summed E-state index contributed by atoms with van der Waals surface area (Å²) in [6, 6.07) is 0.849. The highest BCUT2D eigenvalue weighted by Gasteiger charge is 2.29. The van der Waals surface area contributed by atoms with Crippen molar-refractivity contribution >= 4 is 11.9 Å². The monoisotopic (exact) mass is 279 g/mol. The first kappa shape index (κ1) is 14.8. The summed E-state index contributed by atoms with van der Waals surface area (Å²) in [5.41, 5.74) is 0. The number of nitrogens with one attached hydrogen (secondary N) is 1. The molecule has 6 heteroatoms. The second-order valence-corrected chi connectivity index (χ2v) is 5.78. The van der Waals surface area contributed by atoms with E-state index in [4.69, 9.17) is 4.74 Å². The summed E-state index contributed by atoms with van der Waals surface area (Å²) in [7, 11) is 0. The number of ether oxygens (including phenoxy) is 1. The molecule has 0 spiro atoms. The molecule has 0 saturated carbocycles. The van der Waals surface area contributed by atoms with Gasteiger partial charge in [0.2, 0.25) is 11.9 Å². The Hall–Kier alpha value is -1.59. The lowest BCUT2D eigenvalue weighted by Gasteiger charge is -2.22. The zero-order valence-corrected chi connectivity index (χ0v) is 13.1. The van der Waals surface area contributed by atoms with E-state index < -0.39 is 0 Å². The summed E-state index contributed by atoms with van der Waals surface area (Å²) in [6.45, 7) is 12.2. The van der Waals surface area contributed by atoms with Crippen LogP contribution in [0.5, 0.6) is 6.01 Å². The van der Waals surface area contributed by atoms with Crippen molar-refractivity contribution in [3.8, 4) is 6.01 Å². The van der Waals surface area contributed by atoms with Gasteiger partial charge in [-0.2, -0.15) is 15.0 Å². The largest absolute Gasteiger partial charge is 0.461 e. The second kappa shape index (κ2) is 6.24. The summed E-state index contributed by atoms with van der Waals surface area (Å²) < 4.78 is 5.63. The van der Waals surface area contributed by atoms with Gasteiger partial charge in [-0.3, -0.25) is 0 Å². The van der Waals surface area contributed by atoms with Gasteiger partial charge in [-0.1, -0.05) is 6.92 Å². The van der Waals surface area contributed by atoms with Crippen molar-refractivity contribution in [3.05, 3.63) is 0 Å². The van der Waals surface area contributed by atoms with E-state index in [0.29, 0.717) is 29.9 Å². The van der Waals surface area contributed by atoms with Crippen LogP contribution in [-0.2, 0) is 0 Å². The molecule has 112 valence electrons. The van der Waals surface area contributed by atoms with Crippen molar-refractivity contribution in [2.75, 3.05) is 23.3 Å². The molecule has 2 heterocycles. The second-order valence-electron chi connectivity index (χ2n) is 5.78. The SMILES string of the molecule is CCNc1nc(OC(C)C)nc(N2CC(C)CC2C)n1. The molecule has 0 bridgehead atoms. The Morgan fingerprint density at radius 1 is 1.30 bits per heavy atom. The summed E-state index contributed by atoms with van der Waals surface area (Å²) in [5.74, 6) is 1.96. The van der Waals surface area contributed by atoms with Crippen molar-refractivity contribution in [3.63, 3.8) is 0 Å². The smallest absolute Gasteiger partial charge is 0.323 e. The average molecular weight is 279 g/mol. The van der Waals surface area contributed by atoms with E-state index in [1.165, 1.54) is 6.42 Å². The van der Waals surface area contributed by atoms with E-state index in [-0.39, 0.29) is 6.10 Å². The van der Waals surface area contributed by atoms with E-state index >= 15 is 0 Å². The van der Waals surface area contributed by atoms with Gasteiger partial charge in [0.1, 0.15) is 0 Å². The molecule has 1 aliphatic heterocycles. The molecule has 0 aromatic carbocycles. The van der Waals surface area contributed by atoms with E-state index in [1.807, 2.05) is 20.8 Å². The molecule has 6 nitrogen and oxygen atoms in total. The molecule has 1 aromatic heterocycles. The molecular weight excluding hydrogens is 254 g/mol. The maximum absolute atomic E-state index is 5.63. The van der Waals surface area contributed by atoms with Crippen LogP contribution in [0.15, 0.2) is 0 Å². The molecule has 2 unspecified atom stereocenters. The number of nitrogens with zero attached hydrogens (tertiary/aromatic N) is 4. The number of anilines is 2. The summed E-state index contributed by atoms with van der Waals surface area (Å²) >= 11 is 0. The van der Waals surface area contributed by atoms with Crippen LogP contribution in [0.2, 0.25) is 0 Å². The van der Waals surface area contributed by atoms with Crippen molar-refractivity contribution < 1.29 is 4.74 Å². The van der Waals surface area contributed by atoms with Crippen molar-refractivity contribution in [2.24, 2.45) is 5.92 Å². The maximum Gasteiger partial charge on any atom is 0.323 e. The van der Waals surface area contributed by atoms with Crippen molar-refractivity contribution in [2.45, 2.75) is 53.2 Å². The Morgan fingerprint density at radius 2 is 2.05 bits per heavy atom. The van der Waals surface area contributed by atoms with Crippen LogP contribution in [0.3, 0.4) is 0 Å². The van der Waals surface area contributed by atoms with E-state index in [2.05, 4.69) is 39.0 Å². The fourth-order valence-corrected chi connectivity index (χ4v) is 2.55. The predicted molar refractivity (Wildman–Crippen MR) is 80.3 cm³/mol. The topological polar surface area (TPSA) is 63.2 Å². The minimum absolute atomic E-state index is 0.0506. The molecule has 2 atom stereocenters. The minimum atomic E-state index is 0.0506. The molecule has 1 aliphatic rings. The minimum Gasteiger partial charge on any atom is -0.461 e. The van der Waals surface area contributed by atoms with E-state index in [0.717, 1.165) is 13.1 Å². The summed E-state index contributed by atoms with van der Waals surface area (Å²) in [4.78, 5) is 15.5. The van der Waals surface area contributed by atoms with Gasteiger partial charge in [-0.05, 0) is 40.0 Å². The van der Waals surface area contributed by atoms with Crippen LogP contribution >= 0.6 is 0 Å².